The zero-order valence-corrected chi connectivity index (χ0v) is 24.8. The molecule has 1 aromatic carbocycles. The van der Waals surface area contributed by atoms with Gasteiger partial charge in [0.15, 0.2) is 11.6 Å². The van der Waals surface area contributed by atoms with E-state index < -0.39 is 11.6 Å². The summed E-state index contributed by atoms with van der Waals surface area (Å²) in [5.74, 6) is 0.299. The second-order valence-corrected chi connectivity index (χ2v) is 10.9. The highest BCUT2D eigenvalue weighted by Crippen LogP contribution is 2.32. The van der Waals surface area contributed by atoms with Gasteiger partial charge in [-0.1, -0.05) is 26.8 Å². The SMILES string of the molecule is CC.CCN1C2CCC1CN(Cc1ccc(Nc3ncc(F)c(-c4cc(F)c5nc(C)n(C(C)C)c5c4)n3)nc1)C2. The van der Waals surface area contributed by atoms with Crippen LogP contribution in [0.2, 0.25) is 0 Å². The molecule has 2 aliphatic rings. The quantitative estimate of drug-likeness (QED) is 0.276. The van der Waals surface area contributed by atoms with Crippen LogP contribution >= 0.6 is 0 Å². The number of imidazole rings is 1. The minimum atomic E-state index is -0.632. The first-order valence-electron chi connectivity index (χ1n) is 14.7. The number of nitrogens with one attached hydrogen (secondary N) is 1. The summed E-state index contributed by atoms with van der Waals surface area (Å²) in [7, 11) is 0. The first kappa shape index (κ1) is 29.0. The Hall–Kier alpha value is -3.50. The van der Waals surface area contributed by atoms with Gasteiger partial charge in [0, 0.05) is 49.5 Å². The van der Waals surface area contributed by atoms with Crippen LogP contribution in [0, 0.1) is 18.6 Å². The van der Waals surface area contributed by atoms with E-state index in [2.05, 4.69) is 42.0 Å². The summed E-state index contributed by atoms with van der Waals surface area (Å²) in [4.78, 5) is 22.5. The van der Waals surface area contributed by atoms with Gasteiger partial charge in [-0.15, -0.1) is 0 Å². The fourth-order valence-corrected chi connectivity index (χ4v) is 6.37. The predicted octanol–water partition coefficient (Wildman–Crippen LogP) is 6.49. The molecule has 3 aromatic heterocycles. The summed E-state index contributed by atoms with van der Waals surface area (Å²) in [6, 6.07) is 8.33. The number of likely N-dealkylation sites (tertiary alicyclic amines) is 1. The molecule has 8 nitrogen and oxygen atoms in total. The molecule has 218 valence electrons. The molecule has 0 amide bonds. The number of piperazine rings is 1. The van der Waals surface area contributed by atoms with Gasteiger partial charge in [0.2, 0.25) is 5.95 Å². The highest BCUT2D eigenvalue weighted by molar-refractivity contribution is 5.83. The van der Waals surface area contributed by atoms with Gasteiger partial charge in [-0.05, 0) is 63.9 Å². The maximum Gasteiger partial charge on any atom is 0.229 e. The lowest BCUT2D eigenvalue weighted by Gasteiger charge is -2.40. The molecule has 10 heteroatoms. The Morgan fingerprint density at radius 1 is 0.976 bits per heavy atom. The highest BCUT2D eigenvalue weighted by Gasteiger charge is 2.38. The molecule has 0 spiro atoms. The van der Waals surface area contributed by atoms with Crippen molar-refractivity contribution in [2.24, 2.45) is 0 Å². The lowest BCUT2D eigenvalue weighted by atomic mass is 10.1. The molecule has 0 saturated carbocycles. The summed E-state index contributed by atoms with van der Waals surface area (Å²) in [6.07, 6.45) is 5.53. The van der Waals surface area contributed by atoms with Crippen molar-refractivity contribution in [3.8, 4) is 11.3 Å². The normalized spacial score (nSPS) is 19.0. The number of hydrogen-bond donors (Lipinski definition) is 1. The Morgan fingerprint density at radius 2 is 1.71 bits per heavy atom. The van der Waals surface area contributed by atoms with Crippen LogP contribution in [-0.4, -0.2) is 66.0 Å². The van der Waals surface area contributed by atoms with Gasteiger partial charge in [-0.3, -0.25) is 9.80 Å². The number of nitrogens with zero attached hydrogens (tertiary/aromatic N) is 7. The van der Waals surface area contributed by atoms with Crippen molar-refractivity contribution in [1.29, 1.82) is 0 Å². The first-order valence-corrected chi connectivity index (χ1v) is 14.7. The summed E-state index contributed by atoms with van der Waals surface area (Å²) < 4.78 is 31.8. The van der Waals surface area contributed by atoms with E-state index in [1.807, 2.05) is 57.5 Å². The zero-order chi connectivity index (χ0) is 29.3. The molecule has 2 unspecified atom stereocenters. The van der Waals surface area contributed by atoms with Gasteiger partial charge in [0.25, 0.3) is 0 Å². The Kier molecular flexibility index (Phi) is 8.60. The van der Waals surface area contributed by atoms with E-state index in [1.54, 1.807) is 6.07 Å². The van der Waals surface area contributed by atoms with Crippen molar-refractivity contribution in [2.45, 2.75) is 79.1 Å². The average Bonchev–Trinajstić information content (AvgIpc) is 3.43. The number of aryl methyl sites for hydroxylation is 1. The van der Waals surface area contributed by atoms with E-state index in [1.165, 1.54) is 18.9 Å². The smallest absolute Gasteiger partial charge is 0.229 e. The number of halogens is 2. The van der Waals surface area contributed by atoms with Crippen molar-refractivity contribution < 1.29 is 8.78 Å². The molecule has 2 aliphatic heterocycles. The van der Waals surface area contributed by atoms with Crippen LogP contribution in [0.4, 0.5) is 20.5 Å². The molecule has 2 bridgehead atoms. The van der Waals surface area contributed by atoms with Crippen LogP contribution in [0.25, 0.3) is 22.3 Å². The maximum atomic E-state index is 15.0. The molecule has 2 fully saturated rings. The van der Waals surface area contributed by atoms with Gasteiger partial charge in [-0.2, -0.15) is 0 Å². The number of fused-ring (bicyclic) bond motifs is 3. The standard InChI is InChI=1S/C29H34F2N8.C2H6/c1-5-38-21-7-8-22(38)16-37(15-21)14-19-6-9-26(32-12-19)35-29-33-13-24(31)27(36-29)20-10-23(30)28-25(11-20)39(17(2)3)18(4)34-28;1-2/h6,9-13,17,21-22H,5,7-8,14-16H2,1-4H3,(H,32,33,35,36);1-2H3. The van der Waals surface area contributed by atoms with Gasteiger partial charge in [0.05, 0.1) is 11.7 Å². The molecular formula is C31H40F2N8. The van der Waals surface area contributed by atoms with Crippen molar-refractivity contribution in [1.82, 2.24) is 34.3 Å². The van der Waals surface area contributed by atoms with Gasteiger partial charge < -0.3 is 9.88 Å². The maximum absolute atomic E-state index is 15.0. The topological polar surface area (TPSA) is 75.0 Å². The summed E-state index contributed by atoms with van der Waals surface area (Å²) in [5, 5.41) is 3.06. The number of hydrogen-bond acceptors (Lipinski definition) is 7. The predicted molar refractivity (Wildman–Crippen MR) is 159 cm³/mol. The third-order valence-corrected chi connectivity index (χ3v) is 8.00. The van der Waals surface area contributed by atoms with Crippen LogP contribution in [0.5, 0.6) is 0 Å². The van der Waals surface area contributed by atoms with Crippen molar-refractivity contribution >= 4 is 22.8 Å². The second kappa shape index (κ2) is 12.2. The van der Waals surface area contributed by atoms with Gasteiger partial charge >= 0.3 is 0 Å². The van der Waals surface area contributed by atoms with E-state index in [-0.39, 0.29) is 23.2 Å². The number of likely N-dealkylation sites (N-methyl/N-ethyl adjacent to an activating group) is 1. The third-order valence-electron chi connectivity index (χ3n) is 8.00. The van der Waals surface area contributed by atoms with Crippen LogP contribution < -0.4 is 5.32 Å². The summed E-state index contributed by atoms with van der Waals surface area (Å²) in [6.45, 7) is 16.3. The number of aromatic nitrogens is 5. The van der Waals surface area contributed by atoms with Crippen LogP contribution in [0.15, 0.2) is 36.7 Å². The molecule has 41 heavy (non-hydrogen) atoms. The van der Waals surface area contributed by atoms with E-state index in [4.69, 9.17) is 0 Å². The highest BCUT2D eigenvalue weighted by atomic mass is 19.1. The van der Waals surface area contributed by atoms with E-state index in [0.717, 1.165) is 37.9 Å². The largest absolute Gasteiger partial charge is 0.326 e. The lowest BCUT2D eigenvalue weighted by Crippen LogP contribution is -2.53. The molecule has 2 atom stereocenters. The molecule has 1 N–H and O–H groups in total. The number of benzene rings is 1. The van der Waals surface area contributed by atoms with Crippen molar-refractivity contribution in [2.75, 3.05) is 25.0 Å². The molecule has 4 aromatic rings. The molecule has 5 heterocycles. The first-order chi connectivity index (χ1) is 19.8. The number of anilines is 2. The third kappa shape index (κ3) is 5.81. The van der Waals surface area contributed by atoms with E-state index in [9.17, 15) is 8.78 Å². The van der Waals surface area contributed by atoms with E-state index >= 15 is 0 Å². The molecular weight excluding hydrogens is 522 g/mol. The number of pyridine rings is 1. The minimum Gasteiger partial charge on any atom is -0.326 e. The number of rotatable bonds is 7. The summed E-state index contributed by atoms with van der Waals surface area (Å²) in [5.41, 5.74) is 2.35. The Bertz CT molecular complexity index is 1490. The van der Waals surface area contributed by atoms with Gasteiger partial charge in [0.1, 0.15) is 22.9 Å². The van der Waals surface area contributed by atoms with Crippen molar-refractivity contribution in [3.05, 3.63) is 59.7 Å². The fraction of sp³-hybridized carbons (Fsp3) is 0.484. The van der Waals surface area contributed by atoms with Crippen LogP contribution in [0.3, 0.4) is 0 Å². The zero-order valence-electron chi connectivity index (χ0n) is 24.8. The second-order valence-electron chi connectivity index (χ2n) is 10.9. The molecule has 2 saturated heterocycles. The van der Waals surface area contributed by atoms with Crippen LogP contribution in [-0.2, 0) is 6.54 Å². The monoisotopic (exact) mass is 562 g/mol. The Balaban J connectivity index is 0.00000165. The minimum absolute atomic E-state index is 0.0138. The lowest BCUT2D eigenvalue weighted by molar-refractivity contribution is 0.0669. The van der Waals surface area contributed by atoms with E-state index in [0.29, 0.717) is 34.8 Å². The van der Waals surface area contributed by atoms with Gasteiger partial charge in [-0.25, -0.2) is 28.7 Å². The molecule has 0 radical (unpaired) electrons. The average molecular weight is 563 g/mol. The summed E-state index contributed by atoms with van der Waals surface area (Å²) >= 11 is 0. The fourth-order valence-electron chi connectivity index (χ4n) is 6.37. The molecule has 6 rings (SSSR count). The Morgan fingerprint density at radius 3 is 2.34 bits per heavy atom. The van der Waals surface area contributed by atoms with Crippen LogP contribution in [0.1, 0.15) is 64.9 Å². The molecule has 0 aliphatic carbocycles. The Labute approximate surface area is 240 Å². The van der Waals surface area contributed by atoms with Crippen molar-refractivity contribution in [3.63, 3.8) is 0 Å².